The Hall–Kier alpha value is -5.67. The Balaban J connectivity index is 1.47. The van der Waals surface area contributed by atoms with Crippen LogP contribution in [0.25, 0.3) is 93.1 Å². The quantitative estimate of drug-likeness (QED) is 0.221. The van der Waals surface area contributed by atoms with Gasteiger partial charge in [0.15, 0.2) is 0 Å². The van der Waals surface area contributed by atoms with E-state index in [1.165, 1.54) is 37.9 Å². The zero-order valence-corrected chi connectivity index (χ0v) is 22.5. The molecular formula is C39H22N2O. The van der Waals surface area contributed by atoms with E-state index in [1.54, 1.807) is 0 Å². The molecule has 0 spiro atoms. The highest BCUT2D eigenvalue weighted by Gasteiger charge is 2.24. The highest BCUT2D eigenvalue weighted by atomic mass is 16.3. The summed E-state index contributed by atoms with van der Waals surface area (Å²) in [5, 5.41) is 10.6. The van der Waals surface area contributed by atoms with Gasteiger partial charge in [-0.15, -0.1) is 0 Å². The van der Waals surface area contributed by atoms with Crippen molar-refractivity contribution in [2.24, 2.45) is 0 Å². The number of benzene rings is 7. The second-order valence-electron chi connectivity index (χ2n) is 11.1. The number of fused-ring (bicyclic) bond motifs is 2. The van der Waals surface area contributed by atoms with Gasteiger partial charge in [-0.1, -0.05) is 97.1 Å². The van der Waals surface area contributed by atoms with Crippen LogP contribution in [0.5, 0.6) is 0 Å². The van der Waals surface area contributed by atoms with E-state index in [9.17, 15) is 0 Å². The number of aromatic nitrogens is 2. The van der Waals surface area contributed by atoms with Gasteiger partial charge in [-0.25, -0.2) is 4.98 Å². The Morgan fingerprint density at radius 2 is 1.05 bits per heavy atom. The average Bonchev–Trinajstić information content (AvgIpc) is 3.30. The van der Waals surface area contributed by atoms with Crippen molar-refractivity contribution in [2.45, 2.75) is 0 Å². The summed E-state index contributed by atoms with van der Waals surface area (Å²) in [6.45, 7) is 0. The summed E-state index contributed by atoms with van der Waals surface area (Å²) in [6, 6.07) is 47.5. The molecule has 0 aliphatic carbocycles. The zero-order valence-electron chi connectivity index (χ0n) is 22.5. The summed E-state index contributed by atoms with van der Waals surface area (Å²) >= 11 is 0. The molecule has 0 amide bonds. The number of para-hydroxylation sites is 1. The maximum absolute atomic E-state index is 6.63. The monoisotopic (exact) mass is 534 g/mol. The summed E-state index contributed by atoms with van der Waals surface area (Å²) in [5.41, 5.74) is 7.30. The lowest BCUT2D eigenvalue weighted by Gasteiger charge is -2.16. The van der Waals surface area contributed by atoms with Gasteiger partial charge in [0.05, 0.1) is 16.6 Å². The fourth-order valence-corrected chi connectivity index (χ4v) is 7.13. The molecular weight excluding hydrogens is 512 g/mol. The summed E-state index contributed by atoms with van der Waals surface area (Å²) < 4.78 is 9.02. The van der Waals surface area contributed by atoms with Crippen molar-refractivity contribution in [3.05, 3.63) is 133 Å². The fourth-order valence-electron chi connectivity index (χ4n) is 7.13. The molecule has 0 unspecified atom stereocenters. The van der Waals surface area contributed by atoms with E-state index in [0.29, 0.717) is 0 Å². The van der Waals surface area contributed by atoms with Gasteiger partial charge in [-0.3, -0.25) is 4.57 Å². The third-order valence-corrected chi connectivity index (χ3v) is 8.92. The largest absolute Gasteiger partial charge is 0.456 e. The van der Waals surface area contributed by atoms with Gasteiger partial charge in [-0.05, 0) is 63.5 Å². The first-order chi connectivity index (χ1) is 20.8. The molecule has 3 heterocycles. The Morgan fingerprint density at radius 3 is 1.79 bits per heavy atom. The van der Waals surface area contributed by atoms with Crippen LogP contribution in [-0.4, -0.2) is 9.55 Å². The van der Waals surface area contributed by atoms with Gasteiger partial charge in [0.2, 0.25) is 0 Å². The van der Waals surface area contributed by atoms with Crippen molar-refractivity contribution in [1.82, 2.24) is 9.55 Å². The van der Waals surface area contributed by atoms with Gasteiger partial charge in [0.1, 0.15) is 17.0 Å². The SMILES string of the molecule is c1ccc2nc(-n3c4ccc5cccc6oc7cccc8ccc3c(c87)c4c56)c(-c3cccc4ccccc34)cc2c1. The number of hydrogen-bond donors (Lipinski definition) is 0. The topological polar surface area (TPSA) is 31.0 Å². The molecule has 3 nitrogen and oxygen atoms in total. The fraction of sp³-hybridized carbons (Fsp3) is 0. The van der Waals surface area contributed by atoms with Crippen LogP contribution in [0.4, 0.5) is 0 Å². The molecule has 0 fully saturated rings. The molecule has 3 aromatic heterocycles. The molecule has 0 aliphatic heterocycles. The van der Waals surface area contributed by atoms with Crippen LogP contribution in [0.1, 0.15) is 0 Å². The normalized spacial score (nSPS) is 12.3. The highest BCUT2D eigenvalue weighted by Crippen LogP contribution is 2.46. The van der Waals surface area contributed by atoms with E-state index < -0.39 is 0 Å². The van der Waals surface area contributed by atoms with Crippen LogP contribution in [-0.2, 0) is 0 Å². The molecule has 194 valence electrons. The molecule has 0 radical (unpaired) electrons. The van der Waals surface area contributed by atoms with Crippen molar-refractivity contribution in [2.75, 3.05) is 0 Å². The van der Waals surface area contributed by atoms with E-state index in [2.05, 4.69) is 138 Å². The van der Waals surface area contributed by atoms with Gasteiger partial charge in [-0.2, -0.15) is 0 Å². The molecule has 3 heteroatoms. The molecule has 42 heavy (non-hydrogen) atoms. The van der Waals surface area contributed by atoms with E-state index >= 15 is 0 Å². The molecule has 10 aromatic rings. The molecule has 0 saturated carbocycles. The van der Waals surface area contributed by atoms with Crippen LogP contribution < -0.4 is 0 Å². The van der Waals surface area contributed by atoms with Crippen molar-refractivity contribution in [3.63, 3.8) is 0 Å². The summed E-state index contributed by atoms with van der Waals surface area (Å²) in [7, 11) is 0. The Bertz CT molecular complexity index is 2580. The van der Waals surface area contributed by atoms with E-state index in [4.69, 9.17) is 9.40 Å². The van der Waals surface area contributed by atoms with Crippen molar-refractivity contribution in [3.8, 4) is 16.9 Å². The summed E-state index contributed by atoms with van der Waals surface area (Å²) in [6.07, 6.45) is 0. The number of pyridine rings is 1. The Labute approximate surface area is 240 Å². The van der Waals surface area contributed by atoms with Crippen LogP contribution in [0, 0.1) is 0 Å². The van der Waals surface area contributed by atoms with E-state index in [1.807, 2.05) is 0 Å². The van der Waals surface area contributed by atoms with Gasteiger partial charge >= 0.3 is 0 Å². The standard InChI is InChI=1S/C39H22N2O/c1-3-13-27-23(8-1)10-5-14-28(27)29-22-26-9-2-4-15-30(26)40-39(29)41-31-20-18-24-11-6-16-33-35(24)37(31)38-32(41)21-19-25-12-7-17-34(42-33)36(25)38/h1-22H. The minimum absolute atomic E-state index is 0.890. The van der Waals surface area contributed by atoms with Gasteiger partial charge in [0.25, 0.3) is 0 Å². The minimum Gasteiger partial charge on any atom is -0.456 e. The number of nitrogens with zero attached hydrogens (tertiary/aromatic N) is 2. The maximum Gasteiger partial charge on any atom is 0.146 e. The molecule has 0 aliphatic rings. The average molecular weight is 535 g/mol. The first-order valence-electron chi connectivity index (χ1n) is 14.3. The van der Waals surface area contributed by atoms with E-state index in [0.717, 1.165) is 55.3 Å². The Morgan fingerprint density at radius 1 is 0.452 bits per heavy atom. The minimum atomic E-state index is 0.890. The molecule has 0 atom stereocenters. The Kier molecular flexibility index (Phi) is 4.18. The number of hydrogen-bond acceptors (Lipinski definition) is 2. The maximum atomic E-state index is 6.63. The second kappa shape index (κ2) is 7.96. The lowest BCUT2D eigenvalue weighted by molar-refractivity contribution is 0.664. The first-order valence-corrected chi connectivity index (χ1v) is 14.3. The predicted molar refractivity (Wildman–Crippen MR) is 175 cm³/mol. The number of rotatable bonds is 2. The molecule has 7 aromatic carbocycles. The lowest BCUT2D eigenvalue weighted by Crippen LogP contribution is -2.02. The van der Waals surface area contributed by atoms with Crippen molar-refractivity contribution in [1.29, 1.82) is 0 Å². The predicted octanol–water partition coefficient (Wildman–Crippen LogP) is 10.6. The molecule has 0 bridgehead atoms. The summed E-state index contributed by atoms with van der Waals surface area (Å²) in [4.78, 5) is 5.43. The third kappa shape index (κ3) is 2.82. The molecule has 0 N–H and O–H groups in total. The third-order valence-electron chi connectivity index (χ3n) is 8.92. The zero-order chi connectivity index (χ0) is 27.4. The van der Waals surface area contributed by atoms with Crippen molar-refractivity contribution >= 4 is 76.2 Å². The second-order valence-corrected chi connectivity index (χ2v) is 11.1. The molecule has 0 saturated heterocycles. The van der Waals surface area contributed by atoms with Crippen LogP contribution >= 0.6 is 0 Å². The summed E-state index contributed by atoms with van der Waals surface area (Å²) in [5.74, 6) is 0.931. The van der Waals surface area contributed by atoms with Crippen LogP contribution in [0.3, 0.4) is 0 Å². The van der Waals surface area contributed by atoms with E-state index in [-0.39, 0.29) is 0 Å². The smallest absolute Gasteiger partial charge is 0.146 e. The molecule has 10 rings (SSSR count). The lowest BCUT2D eigenvalue weighted by atomic mass is 9.97. The van der Waals surface area contributed by atoms with Gasteiger partial charge < -0.3 is 4.42 Å². The first kappa shape index (κ1) is 22.1. The van der Waals surface area contributed by atoms with Crippen molar-refractivity contribution < 1.29 is 4.42 Å². The highest BCUT2D eigenvalue weighted by molar-refractivity contribution is 6.33. The van der Waals surface area contributed by atoms with Gasteiger partial charge in [0, 0.05) is 32.5 Å². The van der Waals surface area contributed by atoms with Crippen LogP contribution in [0.2, 0.25) is 0 Å². The van der Waals surface area contributed by atoms with Crippen LogP contribution in [0.15, 0.2) is 138 Å².